The number of ether oxygens (including phenoxy) is 5. The van der Waals surface area contributed by atoms with Gasteiger partial charge in [-0.25, -0.2) is 10.2 Å². The van der Waals surface area contributed by atoms with E-state index >= 15 is 0 Å². The summed E-state index contributed by atoms with van der Waals surface area (Å²) in [6.45, 7) is 0. The number of carbonyl (C=O) groups is 3. The number of anilines is 1. The zero-order chi connectivity index (χ0) is 32.5. The van der Waals surface area contributed by atoms with Gasteiger partial charge < -0.3 is 29.0 Å². The van der Waals surface area contributed by atoms with Crippen molar-refractivity contribution < 1.29 is 38.1 Å². The lowest BCUT2D eigenvalue weighted by molar-refractivity contribution is 0.0731. The number of hydrazone groups is 1. The third kappa shape index (κ3) is 8.19. The molecule has 45 heavy (non-hydrogen) atoms. The molecule has 0 spiro atoms. The number of benzene rings is 4. The second-order valence-electron chi connectivity index (χ2n) is 9.08. The molecular formula is C32H27Br2N3O8. The highest BCUT2D eigenvalue weighted by Gasteiger charge is 2.21. The number of hydrogen-bond acceptors (Lipinski definition) is 9. The fraction of sp³-hybridized carbons (Fsp3) is 0.125. The first-order chi connectivity index (χ1) is 21.7. The predicted octanol–water partition coefficient (Wildman–Crippen LogP) is 6.48. The first-order valence-corrected chi connectivity index (χ1v) is 14.7. The quantitative estimate of drug-likeness (QED) is 0.0773. The number of esters is 1. The lowest BCUT2D eigenvalue weighted by atomic mass is 10.1. The Morgan fingerprint density at radius 3 is 2.02 bits per heavy atom. The van der Waals surface area contributed by atoms with Gasteiger partial charge in [0.2, 0.25) is 5.75 Å². The Hall–Kier alpha value is -4.88. The number of nitrogens with zero attached hydrogens (tertiary/aromatic N) is 1. The summed E-state index contributed by atoms with van der Waals surface area (Å²) in [4.78, 5) is 38.8. The Bertz CT molecular complexity index is 1750. The molecule has 0 aliphatic rings. The van der Waals surface area contributed by atoms with Gasteiger partial charge in [0.25, 0.3) is 11.8 Å². The van der Waals surface area contributed by atoms with Crippen LogP contribution in [0.2, 0.25) is 0 Å². The van der Waals surface area contributed by atoms with Crippen molar-refractivity contribution in [2.45, 2.75) is 0 Å². The minimum absolute atomic E-state index is 0.147. The highest BCUT2D eigenvalue weighted by Crippen LogP contribution is 2.39. The minimum atomic E-state index is -0.705. The number of hydrogen-bond donors (Lipinski definition) is 2. The van der Waals surface area contributed by atoms with Gasteiger partial charge in [-0.05, 0) is 76.6 Å². The first kappa shape index (κ1) is 33.0. The molecule has 4 aromatic rings. The predicted molar refractivity (Wildman–Crippen MR) is 175 cm³/mol. The van der Waals surface area contributed by atoms with E-state index in [1.54, 1.807) is 54.6 Å². The van der Waals surface area contributed by atoms with Gasteiger partial charge in [-0.15, -0.1) is 0 Å². The summed E-state index contributed by atoms with van der Waals surface area (Å²) >= 11 is 6.83. The molecule has 0 radical (unpaired) electrons. The van der Waals surface area contributed by atoms with Crippen LogP contribution in [0.4, 0.5) is 5.69 Å². The van der Waals surface area contributed by atoms with Gasteiger partial charge in [0.15, 0.2) is 17.2 Å². The lowest BCUT2D eigenvalue weighted by Crippen LogP contribution is -2.18. The zero-order valence-corrected chi connectivity index (χ0v) is 27.6. The summed E-state index contributed by atoms with van der Waals surface area (Å²) in [6.07, 6.45) is 1.33. The second kappa shape index (κ2) is 15.2. The Balaban J connectivity index is 1.50. The molecule has 0 heterocycles. The van der Waals surface area contributed by atoms with Crippen LogP contribution in [-0.4, -0.2) is 52.4 Å². The molecule has 0 aliphatic carbocycles. The van der Waals surface area contributed by atoms with Crippen LogP contribution in [0.1, 0.15) is 36.6 Å². The van der Waals surface area contributed by atoms with E-state index in [4.69, 9.17) is 23.7 Å². The molecule has 0 unspecified atom stereocenters. The van der Waals surface area contributed by atoms with Gasteiger partial charge in [0, 0.05) is 26.9 Å². The van der Waals surface area contributed by atoms with Gasteiger partial charge in [0.05, 0.1) is 44.7 Å². The molecule has 2 N–H and O–H groups in total. The summed E-state index contributed by atoms with van der Waals surface area (Å²) in [7, 11) is 5.85. The fourth-order valence-electron chi connectivity index (χ4n) is 4.07. The minimum Gasteiger partial charge on any atom is -0.497 e. The molecule has 232 valence electrons. The maximum atomic E-state index is 13.2. The van der Waals surface area contributed by atoms with Crippen LogP contribution in [0, 0.1) is 0 Å². The number of halogens is 2. The van der Waals surface area contributed by atoms with Crippen LogP contribution in [0.25, 0.3) is 0 Å². The summed E-state index contributed by atoms with van der Waals surface area (Å²) < 4.78 is 28.0. The van der Waals surface area contributed by atoms with Crippen molar-refractivity contribution >= 4 is 61.5 Å². The Kier molecular flexibility index (Phi) is 11.2. The molecule has 0 fully saturated rings. The smallest absolute Gasteiger partial charge is 0.343 e. The normalized spacial score (nSPS) is 10.6. The SMILES string of the molecule is COc1cccc(C(=O)Nc2cccc(C(=O)NN=Cc3cc(Br)cc(Br)c3OC(=O)c3cc(OC)c(OC)c(OC)c3)c2)c1. The lowest BCUT2D eigenvalue weighted by Gasteiger charge is -2.15. The molecule has 0 saturated carbocycles. The standard InChI is InChI=1S/C32H27Br2N3O8/c1-41-24-10-6-8-19(13-24)30(38)36-23-9-5-7-18(12-23)31(39)37-35-17-21-11-22(33)16-25(34)28(21)45-32(40)20-14-26(42-2)29(44-4)27(15-20)43-3/h5-17H,1-4H3,(H,36,38)(H,37,39). The largest absolute Gasteiger partial charge is 0.497 e. The van der Waals surface area contributed by atoms with Crippen LogP contribution < -0.4 is 34.4 Å². The molecule has 11 nitrogen and oxygen atoms in total. The number of carbonyl (C=O) groups excluding carboxylic acids is 3. The van der Waals surface area contributed by atoms with Crippen molar-refractivity contribution in [2.24, 2.45) is 5.10 Å². The van der Waals surface area contributed by atoms with Crippen molar-refractivity contribution in [3.05, 3.63) is 104 Å². The van der Waals surface area contributed by atoms with E-state index in [-0.39, 0.29) is 34.3 Å². The van der Waals surface area contributed by atoms with Crippen molar-refractivity contribution in [3.63, 3.8) is 0 Å². The molecule has 0 saturated heterocycles. The molecule has 0 aliphatic heterocycles. The van der Waals surface area contributed by atoms with Crippen LogP contribution in [0.3, 0.4) is 0 Å². The molecule has 4 aromatic carbocycles. The number of amides is 2. The van der Waals surface area contributed by atoms with Crippen molar-refractivity contribution in [1.82, 2.24) is 5.43 Å². The molecule has 0 bridgehead atoms. The maximum Gasteiger partial charge on any atom is 0.343 e. The average molecular weight is 741 g/mol. The number of nitrogens with one attached hydrogen (secondary N) is 2. The summed E-state index contributed by atoms with van der Waals surface area (Å²) in [5.41, 5.74) is 4.03. The van der Waals surface area contributed by atoms with E-state index < -0.39 is 11.9 Å². The topological polar surface area (TPSA) is 134 Å². The Morgan fingerprint density at radius 2 is 1.38 bits per heavy atom. The van der Waals surface area contributed by atoms with Crippen LogP contribution >= 0.6 is 31.9 Å². The van der Waals surface area contributed by atoms with Crippen LogP contribution in [0.15, 0.2) is 86.8 Å². The molecule has 2 amide bonds. The second-order valence-corrected chi connectivity index (χ2v) is 10.8. The van der Waals surface area contributed by atoms with Gasteiger partial charge in [-0.2, -0.15) is 5.10 Å². The Labute approximate surface area is 275 Å². The molecular weight excluding hydrogens is 714 g/mol. The van der Waals surface area contributed by atoms with Gasteiger partial charge in [-0.1, -0.05) is 28.1 Å². The Morgan fingerprint density at radius 1 is 0.711 bits per heavy atom. The van der Waals surface area contributed by atoms with Gasteiger partial charge in [0.1, 0.15) is 5.75 Å². The van der Waals surface area contributed by atoms with E-state index in [0.29, 0.717) is 37.3 Å². The summed E-state index contributed by atoms with van der Waals surface area (Å²) in [6, 6.07) is 19.4. The third-order valence-electron chi connectivity index (χ3n) is 6.22. The van der Waals surface area contributed by atoms with Crippen LogP contribution in [-0.2, 0) is 0 Å². The van der Waals surface area contributed by atoms with Crippen molar-refractivity contribution in [1.29, 1.82) is 0 Å². The van der Waals surface area contributed by atoms with E-state index in [1.165, 1.54) is 52.9 Å². The first-order valence-electron chi connectivity index (χ1n) is 13.1. The average Bonchev–Trinajstić information content (AvgIpc) is 3.05. The molecule has 4 rings (SSSR count). The monoisotopic (exact) mass is 739 g/mol. The van der Waals surface area contributed by atoms with E-state index in [0.717, 1.165) is 0 Å². The zero-order valence-electron chi connectivity index (χ0n) is 24.5. The van der Waals surface area contributed by atoms with E-state index in [2.05, 4.69) is 47.7 Å². The number of rotatable bonds is 11. The summed E-state index contributed by atoms with van der Waals surface area (Å²) in [5, 5.41) is 6.82. The van der Waals surface area contributed by atoms with Crippen molar-refractivity contribution in [3.8, 4) is 28.7 Å². The fourth-order valence-corrected chi connectivity index (χ4v) is 5.40. The molecule has 13 heteroatoms. The molecule has 0 atom stereocenters. The van der Waals surface area contributed by atoms with E-state index in [1.807, 2.05) is 0 Å². The highest BCUT2D eigenvalue weighted by atomic mass is 79.9. The summed E-state index contributed by atoms with van der Waals surface area (Å²) in [5.74, 6) is -0.00722. The van der Waals surface area contributed by atoms with Crippen LogP contribution in [0.5, 0.6) is 28.7 Å². The molecule has 0 aromatic heterocycles. The number of methoxy groups -OCH3 is 4. The van der Waals surface area contributed by atoms with Gasteiger partial charge in [-0.3, -0.25) is 9.59 Å². The third-order valence-corrected chi connectivity index (χ3v) is 7.26. The van der Waals surface area contributed by atoms with E-state index in [9.17, 15) is 14.4 Å². The maximum absolute atomic E-state index is 13.2. The highest BCUT2D eigenvalue weighted by molar-refractivity contribution is 9.11. The van der Waals surface area contributed by atoms with Gasteiger partial charge >= 0.3 is 5.97 Å². The van der Waals surface area contributed by atoms with Crippen molar-refractivity contribution in [2.75, 3.05) is 33.8 Å².